The molecule has 1 heterocycles. The molecule has 0 fully saturated rings. The smallest absolute Gasteiger partial charge is 0.333 e. The van der Waals surface area contributed by atoms with Crippen molar-refractivity contribution in [1.29, 1.82) is 5.26 Å². The molecule has 0 saturated carbocycles. The van der Waals surface area contributed by atoms with Crippen LogP contribution < -0.4 is 9.47 Å². The predicted octanol–water partition coefficient (Wildman–Crippen LogP) is 3.07. The van der Waals surface area contributed by atoms with Crippen LogP contribution in [0.25, 0.3) is 11.0 Å². The number of carbonyl (C=O) groups excluding carboxylic acids is 1. The Morgan fingerprint density at radius 1 is 1.36 bits per heavy atom. The number of nitrogens with zero attached hydrogens (tertiary/aromatic N) is 4. The van der Waals surface area contributed by atoms with Gasteiger partial charge in [-0.05, 0) is 41.1 Å². The zero-order chi connectivity index (χ0) is 17.8. The molecule has 0 bridgehead atoms. The molecule has 0 atom stereocenters. The van der Waals surface area contributed by atoms with Crippen molar-refractivity contribution >= 4 is 32.9 Å². The summed E-state index contributed by atoms with van der Waals surface area (Å²) in [5.41, 5.74) is 1.84. The molecule has 0 spiro atoms. The fourth-order valence-electron chi connectivity index (χ4n) is 2.30. The van der Waals surface area contributed by atoms with Crippen LogP contribution in [0, 0.1) is 11.3 Å². The average molecular weight is 401 g/mol. The van der Waals surface area contributed by atoms with Crippen molar-refractivity contribution < 1.29 is 14.3 Å². The zero-order valence-electron chi connectivity index (χ0n) is 13.3. The SMILES string of the molecule is CCOc1cc(C#N)cc(Br)c1OC(=O)Cn1nnc2ccccc21. The number of halogens is 1. The first-order valence-electron chi connectivity index (χ1n) is 7.47. The monoisotopic (exact) mass is 400 g/mol. The van der Waals surface area contributed by atoms with Crippen LogP contribution in [0.15, 0.2) is 40.9 Å². The third kappa shape index (κ3) is 3.61. The normalized spacial score (nSPS) is 10.4. The average Bonchev–Trinajstić information content (AvgIpc) is 3.01. The third-order valence-electron chi connectivity index (χ3n) is 3.35. The van der Waals surface area contributed by atoms with Crippen molar-refractivity contribution in [2.24, 2.45) is 0 Å². The molecule has 7 nitrogen and oxygen atoms in total. The number of nitriles is 1. The number of aromatic nitrogens is 3. The minimum Gasteiger partial charge on any atom is -0.490 e. The van der Waals surface area contributed by atoms with Gasteiger partial charge in [-0.1, -0.05) is 17.3 Å². The van der Waals surface area contributed by atoms with Crippen LogP contribution in [0.3, 0.4) is 0 Å². The second-order valence-corrected chi connectivity index (χ2v) is 5.89. The van der Waals surface area contributed by atoms with E-state index in [0.29, 0.717) is 27.9 Å². The zero-order valence-corrected chi connectivity index (χ0v) is 14.9. The molecule has 3 aromatic rings. The van der Waals surface area contributed by atoms with Crippen molar-refractivity contribution in [2.45, 2.75) is 13.5 Å². The Hall–Kier alpha value is -2.92. The van der Waals surface area contributed by atoms with Gasteiger partial charge >= 0.3 is 5.97 Å². The van der Waals surface area contributed by atoms with Gasteiger partial charge in [-0.3, -0.25) is 0 Å². The highest BCUT2D eigenvalue weighted by molar-refractivity contribution is 9.10. The molecule has 0 radical (unpaired) electrons. The quantitative estimate of drug-likeness (QED) is 0.482. The van der Waals surface area contributed by atoms with Gasteiger partial charge in [0.25, 0.3) is 0 Å². The lowest BCUT2D eigenvalue weighted by molar-refractivity contribution is -0.135. The standard InChI is InChI=1S/C17H13BrN4O3/c1-2-24-15-8-11(9-19)7-12(18)17(15)25-16(23)10-22-14-6-4-3-5-13(14)20-21-22/h3-8H,2,10H2,1H3. The molecule has 2 aromatic carbocycles. The number of rotatable bonds is 5. The van der Waals surface area contributed by atoms with E-state index < -0.39 is 5.97 Å². The first kappa shape index (κ1) is 16.9. The van der Waals surface area contributed by atoms with E-state index in [9.17, 15) is 4.79 Å². The molecule has 0 unspecified atom stereocenters. The van der Waals surface area contributed by atoms with Gasteiger partial charge in [0.2, 0.25) is 0 Å². The van der Waals surface area contributed by atoms with Crippen LogP contribution in [0.1, 0.15) is 12.5 Å². The molecule has 1 aromatic heterocycles. The van der Waals surface area contributed by atoms with Gasteiger partial charge in [0.05, 0.1) is 28.2 Å². The van der Waals surface area contributed by atoms with Crippen LogP contribution in [-0.2, 0) is 11.3 Å². The fourth-order valence-corrected chi connectivity index (χ4v) is 2.82. The highest BCUT2D eigenvalue weighted by atomic mass is 79.9. The van der Waals surface area contributed by atoms with E-state index in [1.165, 1.54) is 10.7 Å². The number of ether oxygens (including phenoxy) is 2. The molecule has 3 rings (SSSR count). The van der Waals surface area contributed by atoms with Gasteiger partial charge in [0, 0.05) is 6.07 Å². The fraction of sp³-hybridized carbons (Fsp3) is 0.176. The molecule has 0 N–H and O–H groups in total. The Bertz CT molecular complexity index is 978. The summed E-state index contributed by atoms with van der Waals surface area (Å²) in [6.45, 7) is 2.08. The Balaban J connectivity index is 1.84. The van der Waals surface area contributed by atoms with Gasteiger partial charge in [-0.2, -0.15) is 5.26 Å². The van der Waals surface area contributed by atoms with Crippen molar-refractivity contribution in [3.05, 3.63) is 46.4 Å². The number of esters is 1. The third-order valence-corrected chi connectivity index (χ3v) is 3.94. The molecule has 0 aliphatic heterocycles. The molecule has 126 valence electrons. The minimum absolute atomic E-state index is 0.0987. The molecular formula is C17H13BrN4O3. The largest absolute Gasteiger partial charge is 0.490 e. The molecule has 0 aliphatic carbocycles. The summed E-state index contributed by atoms with van der Waals surface area (Å²) in [6, 6.07) is 12.5. The summed E-state index contributed by atoms with van der Waals surface area (Å²) in [6.07, 6.45) is 0. The maximum absolute atomic E-state index is 12.3. The first-order chi connectivity index (χ1) is 12.1. The summed E-state index contributed by atoms with van der Waals surface area (Å²) in [7, 11) is 0. The Morgan fingerprint density at radius 3 is 2.92 bits per heavy atom. The van der Waals surface area contributed by atoms with Crippen LogP contribution in [0.5, 0.6) is 11.5 Å². The maximum atomic E-state index is 12.3. The van der Waals surface area contributed by atoms with E-state index in [0.717, 1.165) is 5.52 Å². The Labute approximate surface area is 151 Å². The van der Waals surface area contributed by atoms with Gasteiger partial charge in [-0.25, -0.2) is 9.48 Å². The van der Waals surface area contributed by atoms with Gasteiger partial charge in [-0.15, -0.1) is 5.10 Å². The number of para-hydroxylation sites is 1. The van der Waals surface area contributed by atoms with E-state index in [4.69, 9.17) is 14.7 Å². The highest BCUT2D eigenvalue weighted by Crippen LogP contribution is 2.37. The lowest BCUT2D eigenvalue weighted by Gasteiger charge is -2.13. The van der Waals surface area contributed by atoms with E-state index in [-0.39, 0.29) is 12.3 Å². The van der Waals surface area contributed by atoms with Crippen molar-refractivity contribution in [3.63, 3.8) is 0 Å². The van der Waals surface area contributed by atoms with Gasteiger partial charge < -0.3 is 9.47 Å². The lowest BCUT2D eigenvalue weighted by Crippen LogP contribution is -2.18. The van der Waals surface area contributed by atoms with E-state index in [1.54, 1.807) is 13.0 Å². The van der Waals surface area contributed by atoms with Crippen molar-refractivity contribution in [2.75, 3.05) is 6.61 Å². The second kappa shape index (κ2) is 7.32. The summed E-state index contributed by atoms with van der Waals surface area (Å²) >= 11 is 3.31. The van der Waals surface area contributed by atoms with E-state index in [2.05, 4.69) is 26.2 Å². The highest BCUT2D eigenvalue weighted by Gasteiger charge is 2.17. The Kier molecular flexibility index (Phi) is 4.95. The predicted molar refractivity (Wildman–Crippen MR) is 93.2 cm³/mol. The number of hydrogen-bond donors (Lipinski definition) is 0. The molecule has 0 saturated heterocycles. The number of benzene rings is 2. The lowest BCUT2D eigenvalue weighted by atomic mass is 10.2. The first-order valence-corrected chi connectivity index (χ1v) is 8.27. The van der Waals surface area contributed by atoms with Gasteiger partial charge in [0.1, 0.15) is 12.1 Å². The minimum atomic E-state index is -0.526. The van der Waals surface area contributed by atoms with Crippen LogP contribution in [0.2, 0.25) is 0 Å². The number of fused-ring (bicyclic) bond motifs is 1. The van der Waals surface area contributed by atoms with Gasteiger partial charge in [0.15, 0.2) is 11.5 Å². The molecule has 25 heavy (non-hydrogen) atoms. The molecule has 0 aliphatic rings. The molecule has 0 amide bonds. The number of hydrogen-bond acceptors (Lipinski definition) is 6. The van der Waals surface area contributed by atoms with Crippen LogP contribution >= 0.6 is 15.9 Å². The van der Waals surface area contributed by atoms with Crippen molar-refractivity contribution in [1.82, 2.24) is 15.0 Å². The maximum Gasteiger partial charge on any atom is 0.333 e. The topological polar surface area (TPSA) is 90.0 Å². The molecule has 8 heteroatoms. The van der Waals surface area contributed by atoms with E-state index >= 15 is 0 Å². The summed E-state index contributed by atoms with van der Waals surface area (Å²) in [4.78, 5) is 12.3. The Morgan fingerprint density at radius 2 is 2.16 bits per heavy atom. The number of carbonyl (C=O) groups is 1. The molecular weight excluding hydrogens is 388 g/mol. The summed E-state index contributed by atoms with van der Waals surface area (Å²) < 4.78 is 12.8. The van der Waals surface area contributed by atoms with E-state index in [1.807, 2.05) is 30.3 Å². The van der Waals surface area contributed by atoms with Crippen LogP contribution in [0.4, 0.5) is 0 Å². The summed E-state index contributed by atoms with van der Waals surface area (Å²) in [5.74, 6) is 0.0301. The van der Waals surface area contributed by atoms with Crippen LogP contribution in [-0.4, -0.2) is 27.6 Å². The second-order valence-electron chi connectivity index (χ2n) is 5.04. The van der Waals surface area contributed by atoms with Crippen molar-refractivity contribution in [3.8, 4) is 17.6 Å². The summed E-state index contributed by atoms with van der Waals surface area (Å²) in [5, 5.41) is 17.0.